The fourth-order valence-electron chi connectivity index (χ4n) is 3.47. The predicted octanol–water partition coefficient (Wildman–Crippen LogP) is 2.60. The number of amides is 1. The first kappa shape index (κ1) is 18.9. The topological polar surface area (TPSA) is 94.4 Å². The predicted molar refractivity (Wildman–Crippen MR) is 109 cm³/mol. The van der Waals surface area contributed by atoms with Crippen LogP contribution in [0.3, 0.4) is 0 Å². The van der Waals surface area contributed by atoms with Crippen LogP contribution in [0.1, 0.15) is 36.9 Å². The zero-order valence-electron chi connectivity index (χ0n) is 16.5. The minimum absolute atomic E-state index is 0.0608. The maximum absolute atomic E-state index is 12.9. The average Bonchev–Trinajstić information content (AvgIpc) is 3.25. The number of nitrogens with one attached hydrogen (secondary N) is 1. The maximum Gasteiger partial charge on any atom is 0.291 e. The van der Waals surface area contributed by atoms with Gasteiger partial charge in [0, 0.05) is 50.5 Å². The second kappa shape index (κ2) is 7.90. The summed E-state index contributed by atoms with van der Waals surface area (Å²) in [6.45, 7) is 4.71. The maximum atomic E-state index is 12.9. The van der Waals surface area contributed by atoms with E-state index in [1.165, 1.54) is 4.68 Å². The molecule has 0 aliphatic carbocycles. The number of hydrogen-bond donors (Lipinski definition) is 1. The number of nitrogens with zero attached hydrogens (tertiary/aromatic N) is 4. The number of rotatable bonds is 7. The number of pyridine rings is 1. The Bertz CT molecular complexity index is 1220. The van der Waals surface area contributed by atoms with Crippen LogP contribution in [0, 0.1) is 6.92 Å². The Kier molecular flexibility index (Phi) is 5.16. The van der Waals surface area contributed by atoms with E-state index < -0.39 is 0 Å². The largest absolute Gasteiger partial charge is 0.460 e. The molecule has 8 nitrogen and oxygen atoms in total. The SMILES string of the molecule is CCc1nn(CCCC(=O)NCc2cccnc2)c(=O)c2cc3oc(C)cc3n12. The van der Waals surface area contributed by atoms with Gasteiger partial charge < -0.3 is 9.73 Å². The fourth-order valence-corrected chi connectivity index (χ4v) is 3.47. The van der Waals surface area contributed by atoms with Gasteiger partial charge in [-0.05, 0) is 25.0 Å². The molecule has 0 fully saturated rings. The third-order valence-corrected chi connectivity index (χ3v) is 4.86. The van der Waals surface area contributed by atoms with Gasteiger partial charge in [-0.3, -0.25) is 19.0 Å². The zero-order valence-corrected chi connectivity index (χ0v) is 16.5. The number of hydrogen-bond acceptors (Lipinski definition) is 5. The van der Waals surface area contributed by atoms with Crippen LogP contribution in [0.25, 0.3) is 16.6 Å². The molecule has 4 rings (SSSR count). The van der Waals surface area contributed by atoms with Crippen molar-refractivity contribution in [1.29, 1.82) is 0 Å². The van der Waals surface area contributed by atoms with E-state index in [1.807, 2.05) is 36.4 Å². The minimum Gasteiger partial charge on any atom is -0.460 e. The van der Waals surface area contributed by atoms with Crippen molar-refractivity contribution in [3.63, 3.8) is 0 Å². The highest BCUT2D eigenvalue weighted by Crippen LogP contribution is 2.23. The van der Waals surface area contributed by atoms with Crippen LogP contribution in [-0.2, 0) is 24.3 Å². The first-order chi connectivity index (χ1) is 14.1. The Balaban J connectivity index is 1.46. The third-order valence-electron chi connectivity index (χ3n) is 4.86. The highest BCUT2D eigenvalue weighted by molar-refractivity contribution is 5.83. The summed E-state index contributed by atoms with van der Waals surface area (Å²) in [7, 11) is 0. The van der Waals surface area contributed by atoms with Crippen LogP contribution in [0.4, 0.5) is 0 Å². The highest BCUT2D eigenvalue weighted by Gasteiger charge is 2.16. The molecule has 1 N–H and O–H groups in total. The van der Waals surface area contributed by atoms with E-state index in [1.54, 1.807) is 18.5 Å². The average molecular weight is 393 g/mol. The van der Waals surface area contributed by atoms with E-state index in [-0.39, 0.29) is 11.5 Å². The molecule has 4 aromatic heterocycles. The van der Waals surface area contributed by atoms with Gasteiger partial charge >= 0.3 is 0 Å². The van der Waals surface area contributed by atoms with E-state index in [0.29, 0.717) is 43.5 Å². The molecule has 29 heavy (non-hydrogen) atoms. The third kappa shape index (κ3) is 3.78. The van der Waals surface area contributed by atoms with Gasteiger partial charge in [-0.25, -0.2) is 4.68 Å². The molecule has 0 aliphatic rings. The van der Waals surface area contributed by atoms with Gasteiger partial charge in [-0.2, -0.15) is 5.10 Å². The van der Waals surface area contributed by atoms with Crippen LogP contribution in [0.15, 0.2) is 45.9 Å². The molecule has 0 atom stereocenters. The lowest BCUT2D eigenvalue weighted by atomic mass is 10.2. The van der Waals surface area contributed by atoms with E-state index in [0.717, 1.165) is 22.7 Å². The molecule has 0 saturated carbocycles. The van der Waals surface area contributed by atoms with Crippen LogP contribution < -0.4 is 10.9 Å². The van der Waals surface area contributed by atoms with Crippen LogP contribution in [0.2, 0.25) is 0 Å². The van der Waals surface area contributed by atoms with Crippen molar-refractivity contribution < 1.29 is 9.21 Å². The summed E-state index contributed by atoms with van der Waals surface area (Å²) in [5, 5.41) is 7.39. The normalized spacial score (nSPS) is 11.4. The second-order valence-electron chi connectivity index (χ2n) is 7.01. The highest BCUT2D eigenvalue weighted by atomic mass is 16.3. The molecule has 150 valence electrons. The van der Waals surface area contributed by atoms with Gasteiger partial charge in [0.1, 0.15) is 17.1 Å². The molecule has 1 amide bonds. The molecular weight excluding hydrogens is 370 g/mol. The van der Waals surface area contributed by atoms with Crippen molar-refractivity contribution in [2.45, 2.75) is 46.2 Å². The molecule has 8 heteroatoms. The first-order valence-electron chi connectivity index (χ1n) is 9.74. The zero-order chi connectivity index (χ0) is 20.4. The van der Waals surface area contributed by atoms with Crippen molar-refractivity contribution in [1.82, 2.24) is 24.5 Å². The van der Waals surface area contributed by atoms with Crippen molar-refractivity contribution in [3.8, 4) is 0 Å². The Morgan fingerprint density at radius 1 is 1.28 bits per heavy atom. The van der Waals surface area contributed by atoms with Crippen molar-refractivity contribution in [2.24, 2.45) is 0 Å². The molecule has 4 aromatic rings. The summed E-state index contributed by atoms with van der Waals surface area (Å²) in [6, 6.07) is 7.43. The lowest BCUT2D eigenvalue weighted by Crippen LogP contribution is -2.28. The molecule has 0 unspecified atom stereocenters. The van der Waals surface area contributed by atoms with Crippen molar-refractivity contribution >= 4 is 22.5 Å². The monoisotopic (exact) mass is 393 g/mol. The van der Waals surface area contributed by atoms with Crippen LogP contribution >= 0.6 is 0 Å². The number of aryl methyl sites for hydroxylation is 3. The Morgan fingerprint density at radius 3 is 2.90 bits per heavy atom. The number of furan rings is 1. The molecule has 0 aliphatic heterocycles. The summed E-state index contributed by atoms with van der Waals surface area (Å²) in [6.07, 6.45) is 4.95. The number of fused-ring (bicyclic) bond motifs is 3. The summed E-state index contributed by atoms with van der Waals surface area (Å²) >= 11 is 0. The number of carbonyl (C=O) groups is 1. The Labute approximate surface area is 167 Å². The summed E-state index contributed by atoms with van der Waals surface area (Å²) in [4.78, 5) is 29.0. The molecule has 0 bridgehead atoms. The molecule has 4 heterocycles. The Hall–Kier alpha value is -3.42. The molecule has 0 saturated heterocycles. The molecule has 0 aromatic carbocycles. The van der Waals surface area contributed by atoms with E-state index >= 15 is 0 Å². The second-order valence-corrected chi connectivity index (χ2v) is 7.01. The lowest BCUT2D eigenvalue weighted by molar-refractivity contribution is -0.121. The van der Waals surface area contributed by atoms with Gasteiger partial charge in [-0.15, -0.1) is 0 Å². The molecule has 0 spiro atoms. The standard InChI is InChI=1S/C21H23N5O3/c1-3-19-24-25(9-5-7-20(27)23-13-15-6-4-8-22-12-15)21(28)17-11-18-16(26(17)19)10-14(2)29-18/h4,6,8,10-12H,3,5,7,9,13H2,1-2H3,(H,23,27). The number of carbonyl (C=O) groups excluding carboxylic acids is 1. The lowest BCUT2D eigenvalue weighted by Gasteiger charge is -2.10. The fraction of sp³-hybridized carbons (Fsp3) is 0.333. The van der Waals surface area contributed by atoms with E-state index in [4.69, 9.17) is 4.42 Å². The van der Waals surface area contributed by atoms with Gasteiger partial charge in [0.25, 0.3) is 5.56 Å². The molecule has 0 radical (unpaired) electrons. The smallest absolute Gasteiger partial charge is 0.291 e. The molecular formula is C21H23N5O3. The van der Waals surface area contributed by atoms with Gasteiger partial charge in [0.15, 0.2) is 5.58 Å². The van der Waals surface area contributed by atoms with Gasteiger partial charge in [-0.1, -0.05) is 13.0 Å². The summed E-state index contributed by atoms with van der Waals surface area (Å²) in [5.41, 5.74) is 2.86. The number of aromatic nitrogens is 4. The summed E-state index contributed by atoms with van der Waals surface area (Å²) in [5.74, 6) is 1.53. The first-order valence-corrected chi connectivity index (χ1v) is 9.74. The van der Waals surface area contributed by atoms with E-state index in [9.17, 15) is 9.59 Å². The van der Waals surface area contributed by atoms with Crippen LogP contribution in [0.5, 0.6) is 0 Å². The van der Waals surface area contributed by atoms with Crippen molar-refractivity contribution in [3.05, 3.63) is 64.2 Å². The van der Waals surface area contributed by atoms with Gasteiger partial charge in [0.05, 0.1) is 5.52 Å². The summed E-state index contributed by atoms with van der Waals surface area (Å²) < 4.78 is 8.99. The van der Waals surface area contributed by atoms with Crippen molar-refractivity contribution in [2.75, 3.05) is 0 Å². The van der Waals surface area contributed by atoms with Gasteiger partial charge in [0.2, 0.25) is 5.91 Å². The minimum atomic E-state index is -0.179. The van der Waals surface area contributed by atoms with Crippen LogP contribution in [-0.4, -0.2) is 25.1 Å². The van der Waals surface area contributed by atoms with E-state index in [2.05, 4.69) is 15.4 Å². The Morgan fingerprint density at radius 2 is 2.14 bits per heavy atom. The quantitative estimate of drug-likeness (QED) is 0.521.